The highest BCUT2D eigenvalue weighted by Gasteiger charge is 2.43. The highest BCUT2D eigenvalue weighted by molar-refractivity contribution is 5.83. The number of hydrogen-bond acceptors (Lipinski definition) is 4. The molecule has 1 rings (SSSR count). The Balaban J connectivity index is 2.53. The minimum absolute atomic E-state index is 0.251. The zero-order valence-corrected chi connectivity index (χ0v) is 11.0. The van der Waals surface area contributed by atoms with Crippen LogP contribution in [0, 0.1) is 5.92 Å². The molecule has 1 heterocycles. The van der Waals surface area contributed by atoms with Crippen LogP contribution < -0.4 is 5.73 Å². The number of rotatable bonds is 5. The molecule has 1 aliphatic heterocycles. The topological polar surface area (TPSA) is 65.1 Å². The minimum Gasteiger partial charge on any atom is -0.409 e. The molecule has 0 radical (unpaired) electrons. The van der Waals surface area contributed by atoms with Gasteiger partial charge in [0, 0.05) is 32.7 Å². The number of piperazine rings is 1. The van der Waals surface area contributed by atoms with Crippen LogP contribution in [0.5, 0.6) is 0 Å². The van der Waals surface area contributed by atoms with E-state index in [1.54, 1.807) is 4.90 Å². The van der Waals surface area contributed by atoms with Gasteiger partial charge in [0.1, 0.15) is 5.92 Å². The Labute approximate surface area is 110 Å². The summed E-state index contributed by atoms with van der Waals surface area (Å²) >= 11 is 0. The van der Waals surface area contributed by atoms with Crippen molar-refractivity contribution in [1.82, 2.24) is 9.80 Å². The molecule has 0 spiro atoms. The standard InChI is InChI=1S/C11H21F3N4O/c1-2-3-17-4-6-18(7-5-17)8-9(10(15)16-19)11(12,13)14/h9,19H,2-8H2,1H3,(H2,15,16). The van der Waals surface area contributed by atoms with Crippen LogP contribution in [0.4, 0.5) is 13.2 Å². The third-order valence-electron chi connectivity index (χ3n) is 3.31. The van der Waals surface area contributed by atoms with E-state index >= 15 is 0 Å². The monoisotopic (exact) mass is 282 g/mol. The smallest absolute Gasteiger partial charge is 0.400 e. The van der Waals surface area contributed by atoms with Gasteiger partial charge in [0.05, 0.1) is 0 Å². The van der Waals surface area contributed by atoms with E-state index < -0.39 is 17.9 Å². The summed E-state index contributed by atoms with van der Waals surface area (Å²) in [7, 11) is 0. The van der Waals surface area contributed by atoms with Crippen molar-refractivity contribution in [2.24, 2.45) is 16.8 Å². The zero-order valence-electron chi connectivity index (χ0n) is 11.0. The van der Waals surface area contributed by atoms with Gasteiger partial charge in [0.2, 0.25) is 0 Å². The molecule has 0 saturated carbocycles. The molecule has 5 nitrogen and oxygen atoms in total. The average molecular weight is 282 g/mol. The summed E-state index contributed by atoms with van der Waals surface area (Å²) in [5, 5.41) is 10.9. The predicted octanol–water partition coefficient (Wildman–Crippen LogP) is 0.939. The normalized spacial score (nSPS) is 21.6. The van der Waals surface area contributed by atoms with Crippen molar-refractivity contribution in [3.8, 4) is 0 Å². The van der Waals surface area contributed by atoms with Gasteiger partial charge in [-0.15, -0.1) is 0 Å². The van der Waals surface area contributed by atoms with E-state index in [4.69, 9.17) is 10.9 Å². The Bertz CT molecular complexity index is 301. The fourth-order valence-electron chi connectivity index (χ4n) is 2.20. The highest BCUT2D eigenvalue weighted by Crippen LogP contribution is 2.27. The van der Waals surface area contributed by atoms with Crippen LogP contribution in [0.1, 0.15) is 13.3 Å². The molecule has 0 amide bonds. The van der Waals surface area contributed by atoms with Crippen LogP contribution in [0.25, 0.3) is 0 Å². The fourth-order valence-corrected chi connectivity index (χ4v) is 2.20. The van der Waals surface area contributed by atoms with Gasteiger partial charge in [-0.2, -0.15) is 13.2 Å². The number of nitrogens with zero attached hydrogens (tertiary/aromatic N) is 3. The first-order valence-corrected chi connectivity index (χ1v) is 6.37. The van der Waals surface area contributed by atoms with Crippen molar-refractivity contribution in [2.75, 3.05) is 39.3 Å². The quantitative estimate of drug-likeness (QED) is 0.341. The largest absolute Gasteiger partial charge is 0.409 e. The van der Waals surface area contributed by atoms with Crippen molar-refractivity contribution < 1.29 is 18.4 Å². The average Bonchev–Trinajstić information content (AvgIpc) is 2.36. The van der Waals surface area contributed by atoms with Gasteiger partial charge in [-0.25, -0.2) is 0 Å². The number of halogens is 3. The summed E-state index contributed by atoms with van der Waals surface area (Å²) < 4.78 is 38.4. The van der Waals surface area contributed by atoms with Crippen molar-refractivity contribution in [3.05, 3.63) is 0 Å². The molecule has 1 atom stereocenters. The number of nitrogens with two attached hydrogens (primary N) is 1. The summed E-state index contributed by atoms with van der Waals surface area (Å²) in [4.78, 5) is 3.94. The van der Waals surface area contributed by atoms with E-state index in [2.05, 4.69) is 17.0 Å². The van der Waals surface area contributed by atoms with Gasteiger partial charge < -0.3 is 15.8 Å². The first-order valence-electron chi connectivity index (χ1n) is 6.37. The van der Waals surface area contributed by atoms with Gasteiger partial charge >= 0.3 is 6.18 Å². The second-order valence-corrected chi connectivity index (χ2v) is 4.76. The number of amidine groups is 1. The maximum Gasteiger partial charge on any atom is 0.400 e. The molecule has 8 heteroatoms. The molecule has 0 aliphatic carbocycles. The zero-order chi connectivity index (χ0) is 14.5. The highest BCUT2D eigenvalue weighted by atomic mass is 19.4. The molecular weight excluding hydrogens is 261 g/mol. The van der Waals surface area contributed by atoms with Crippen LogP contribution >= 0.6 is 0 Å². The van der Waals surface area contributed by atoms with Crippen molar-refractivity contribution in [2.45, 2.75) is 19.5 Å². The molecule has 1 saturated heterocycles. The second kappa shape index (κ2) is 6.95. The summed E-state index contributed by atoms with van der Waals surface area (Å²) in [6, 6.07) is 0. The van der Waals surface area contributed by atoms with Gasteiger partial charge in [-0.05, 0) is 13.0 Å². The van der Waals surface area contributed by atoms with Crippen LogP contribution in [0.15, 0.2) is 5.16 Å². The number of alkyl halides is 3. The third kappa shape index (κ3) is 4.87. The molecule has 0 aromatic carbocycles. The molecule has 112 valence electrons. The van der Waals surface area contributed by atoms with E-state index in [0.717, 1.165) is 26.1 Å². The Morgan fingerprint density at radius 2 is 1.79 bits per heavy atom. The van der Waals surface area contributed by atoms with Crippen LogP contribution in [-0.2, 0) is 0 Å². The van der Waals surface area contributed by atoms with Gasteiger partial charge in [-0.1, -0.05) is 12.1 Å². The minimum atomic E-state index is -4.49. The van der Waals surface area contributed by atoms with E-state index in [-0.39, 0.29) is 6.54 Å². The summed E-state index contributed by atoms with van der Waals surface area (Å²) in [5.74, 6) is -2.68. The SMILES string of the molecule is CCCN1CCN(CC(C(N)=NO)C(F)(F)F)CC1. The summed E-state index contributed by atoms with van der Waals surface area (Å²) in [6.45, 7) is 5.46. The van der Waals surface area contributed by atoms with E-state index in [1.807, 2.05) is 0 Å². The lowest BCUT2D eigenvalue weighted by molar-refractivity contribution is -0.161. The molecule has 0 aromatic heterocycles. The van der Waals surface area contributed by atoms with Gasteiger partial charge in [-0.3, -0.25) is 4.90 Å². The van der Waals surface area contributed by atoms with E-state index in [0.29, 0.717) is 13.1 Å². The molecule has 1 aliphatic rings. The van der Waals surface area contributed by atoms with Crippen molar-refractivity contribution in [3.63, 3.8) is 0 Å². The van der Waals surface area contributed by atoms with Gasteiger partial charge in [0.15, 0.2) is 5.84 Å². The first-order chi connectivity index (χ1) is 8.88. The fraction of sp³-hybridized carbons (Fsp3) is 0.909. The van der Waals surface area contributed by atoms with Crippen molar-refractivity contribution >= 4 is 5.84 Å². The van der Waals surface area contributed by atoms with Crippen LogP contribution in [0.2, 0.25) is 0 Å². The third-order valence-corrected chi connectivity index (χ3v) is 3.31. The maximum absolute atomic E-state index is 12.8. The molecular formula is C11H21F3N4O. The Hall–Kier alpha value is -1.02. The molecule has 0 aromatic rings. The van der Waals surface area contributed by atoms with Crippen LogP contribution in [0.3, 0.4) is 0 Å². The predicted molar refractivity (Wildman–Crippen MR) is 66.1 cm³/mol. The molecule has 1 unspecified atom stereocenters. The van der Waals surface area contributed by atoms with E-state index in [9.17, 15) is 13.2 Å². The Kier molecular flexibility index (Phi) is 5.86. The first kappa shape index (κ1) is 16.0. The maximum atomic E-state index is 12.8. The lowest BCUT2D eigenvalue weighted by Crippen LogP contribution is -2.51. The Morgan fingerprint density at radius 3 is 2.21 bits per heavy atom. The van der Waals surface area contributed by atoms with Crippen LogP contribution in [-0.4, -0.2) is 66.3 Å². The van der Waals surface area contributed by atoms with E-state index in [1.165, 1.54) is 0 Å². The Morgan fingerprint density at radius 1 is 1.26 bits per heavy atom. The summed E-state index contributed by atoms with van der Waals surface area (Å²) in [6.07, 6.45) is -3.45. The molecule has 19 heavy (non-hydrogen) atoms. The molecule has 0 bridgehead atoms. The number of oxime groups is 1. The molecule has 3 N–H and O–H groups in total. The second-order valence-electron chi connectivity index (χ2n) is 4.76. The van der Waals surface area contributed by atoms with Crippen molar-refractivity contribution in [1.29, 1.82) is 0 Å². The lowest BCUT2D eigenvalue weighted by atomic mass is 10.1. The number of hydrogen-bond donors (Lipinski definition) is 2. The van der Waals surface area contributed by atoms with Gasteiger partial charge in [0.25, 0.3) is 0 Å². The lowest BCUT2D eigenvalue weighted by Gasteiger charge is -2.36. The summed E-state index contributed by atoms with van der Waals surface area (Å²) in [5.41, 5.74) is 5.14. The molecule has 1 fully saturated rings.